The SMILES string of the molecule is COc1ccc(Cl)c(Nc2nc3ccccc3nc2NS(=O)(=O)c2cccc(CCN(C)C)c2)c1. The van der Waals surface area contributed by atoms with Gasteiger partial charge in [0, 0.05) is 12.6 Å². The molecular formula is C25H26ClN5O3S. The number of likely N-dealkylation sites (N-methyl/N-ethyl adjacent to an activating group) is 1. The highest BCUT2D eigenvalue weighted by atomic mass is 35.5. The number of fused-ring (bicyclic) bond motifs is 1. The van der Waals surface area contributed by atoms with Gasteiger partial charge in [-0.1, -0.05) is 35.9 Å². The highest BCUT2D eigenvalue weighted by molar-refractivity contribution is 7.92. The number of para-hydroxylation sites is 2. The number of sulfonamides is 1. The number of ether oxygens (including phenoxy) is 1. The van der Waals surface area contributed by atoms with Crippen molar-refractivity contribution in [1.82, 2.24) is 14.9 Å². The van der Waals surface area contributed by atoms with Gasteiger partial charge in [0.1, 0.15) is 5.75 Å². The first-order chi connectivity index (χ1) is 16.7. The van der Waals surface area contributed by atoms with Crippen molar-refractivity contribution in [2.24, 2.45) is 0 Å². The van der Waals surface area contributed by atoms with E-state index in [1.807, 2.05) is 37.2 Å². The van der Waals surface area contributed by atoms with Gasteiger partial charge in [-0.25, -0.2) is 18.4 Å². The van der Waals surface area contributed by atoms with Gasteiger partial charge in [0.15, 0.2) is 11.6 Å². The van der Waals surface area contributed by atoms with E-state index in [2.05, 4.69) is 20.0 Å². The van der Waals surface area contributed by atoms with Gasteiger partial charge in [0.05, 0.1) is 33.7 Å². The Morgan fingerprint density at radius 3 is 2.34 bits per heavy atom. The summed E-state index contributed by atoms with van der Waals surface area (Å²) < 4.78 is 34.6. The molecule has 0 unspecified atom stereocenters. The van der Waals surface area contributed by atoms with Crippen molar-refractivity contribution in [3.63, 3.8) is 0 Å². The Hall–Kier alpha value is -3.40. The zero-order valence-corrected chi connectivity index (χ0v) is 21.2. The molecule has 0 fully saturated rings. The molecule has 1 heterocycles. The van der Waals surface area contributed by atoms with Crippen LogP contribution in [0.3, 0.4) is 0 Å². The summed E-state index contributed by atoms with van der Waals surface area (Å²) in [5.74, 6) is 0.856. The number of aromatic nitrogens is 2. The van der Waals surface area contributed by atoms with Crippen LogP contribution in [-0.2, 0) is 16.4 Å². The quantitative estimate of drug-likeness (QED) is 0.328. The molecule has 182 valence electrons. The molecule has 0 aliphatic carbocycles. The van der Waals surface area contributed by atoms with Crippen LogP contribution in [-0.4, -0.2) is 51.0 Å². The first kappa shape index (κ1) is 24.7. The van der Waals surface area contributed by atoms with Crippen LogP contribution in [0.4, 0.5) is 17.3 Å². The first-order valence-electron chi connectivity index (χ1n) is 10.9. The van der Waals surface area contributed by atoms with Gasteiger partial charge in [0.25, 0.3) is 10.0 Å². The van der Waals surface area contributed by atoms with E-state index in [0.29, 0.717) is 27.5 Å². The van der Waals surface area contributed by atoms with Gasteiger partial charge in [-0.2, -0.15) is 0 Å². The molecule has 0 saturated carbocycles. The Balaban J connectivity index is 1.72. The lowest BCUT2D eigenvalue weighted by Crippen LogP contribution is -2.17. The van der Waals surface area contributed by atoms with Crippen LogP contribution in [0.15, 0.2) is 71.6 Å². The van der Waals surface area contributed by atoms with E-state index in [1.54, 1.807) is 55.6 Å². The highest BCUT2D eigenvalue weighted by Crippen LogP contribution is 2.32. The topological polar surface area (TPSA) is 96.5 Å². The Labute approximate surface area is 210 Å². The fourth-order valence-electron chi connectivity index (χ4n) is 3.42. The summed E-state index contributed by atoms with van der Waals surface area (Å²) in [4.78, 5) is 11.3. The summed E-state index contributed by atoms with van der Waals surface area (Å²) in [6.45, 7) is 0.808. The molecule has 3 aromatic carbocycles. The fraction of sp³-hybridized carbons (Fsp3) is 0.200. The molecule has 10 heteroatoms. The van der Waals surface area contributed by atoms with Crippen molar-refractivity contribution in [3.8, 4) is 5.75 Å². The molecular weight excluding hydrogens is 486 g/mol. The Morgan fingerprint density at radius 1 is 0.943 bits per heavy atom. The minimum Gasteiger partial charge on any atom is -0.497 e. The third-order valence-electron chi connectivity index (χ3n) is 5.28. The molecule has 35 heavy (non-hydrogen) atoms. The monoisotopic (exact) mass is 511 g/mol. The second-order valence-corrected chi connectivity index (χ2v) is 10.3. The molecule has 0 saturated heterocycles. The van der Waals surface area contributed by atoms with Gasteiger partial charge in [0.2, 0.25) is 0 Å². The van der Waals surface area contributed by atoms with Crippen LogP contribution < -0.4 is 14.8 Å². The molecule has 0 bridgehead atoms. The first-order valence-corrected chi connectivity index (χ1v) is 12.7. The summed E-state index contributed by atoms with van der Waals surface area (Å²) in [5.41, 5.74) is 2.57. The van der Waals surface area contributed by atoms with E-state index in [-0.39, 0.29) is 16.5 Å². The third-order valence-corrected chi connectivity index (χ3v) is 6.95. The second-order valence-electron chi connectivity index (χ2n) is 8.19. The lowest BCUT2D eigenvalue weighted by atomic mass is 10.1. The maximum absolute atomic E-state index is 13.3. The van der Waals surface area contributed by atoms with Crippen LogP contribution in [0.2, 0.25) is 5.02 Å². The van der Waals surface area contributed by atoms with Crippen LogP contribution in [0, 0.1) is 0 Å². The minimum atomic E-state index is -3.94. The van der Waals surface area contributed by atoms with Crippen LogP contribution in [0.5, 0.6) is 5.75 Å². The Bertz CT molecular complexity index is 1460. The smallest absolute Gasteiger partial charge is 0.263 e. The van der Waals surface area contributed by atoms with Gasteiger partial charge in [-0.3, -0.25) is 4.72 Å². The van der Waals surface area contributed by atoms with Gasteiger partial charge in [-0.15, -0.1) is 0 Å². The van der Waals surface area contributed by atoms with Crippen LogP contribution >= 0.6 is 11.6 Å². The molecule has 1 aromatic heterocycles. The molecule has 0 aliphatic heterocycles. The maximum Gasteiger partial charge on any atom is 0.263 e. The van der Waals surface area contributed by atoms with Crippen LogP contribution in [0.25, 0.3) is 11.0 Å². The molecule has 0 atom stereocenters. The number of nitrogens with one attached hydrogen (secondary N) is 2. The van der Waals surface area contributed by atoms with E-state index >= 15 is 0 Å². The molecule has 4 aromatic rings. The number of hydrogen-bond donors (Lipinski definition) is 2. The van der Waals surface area contributed by atoms with E-state index in [1.165, 1.54) is 0 Å². The normalized spacial score (nSPS) is 11.6. The van der Waals surface area contributed by atoms with Crippen molar-refractivity contribution < 1.29 is 13.2 Å². The number of hydrogen-bond acceptors (Lipinski definition) is 7. The molecule has 0 aliphatic rings. The number of anilines is 3. The van der Waals surface area contributed by atoms with Gasteiger partial charge in [-0.05, 0) is 62.5 Å². The standard InChI is InChI=1S/C25H26ClN5O3S/c1-31(2)14-13-17-7-6-8-19(15-17)35(32,33)30-25-24(27-21-9-4-5-10-22(21)28-25)29-23-16-18(34-3)11-12-20(23)26/h4-12,15-16H,13-14H2,1-3H3,(H,27,29)(H,28,30). The molecule has 4 rings (SSSR count). The molecule has 8 nitrogen and oxygen atoms in total. The zero-order valence-electron chi connectivity index (χ0n) is 19.6. The summed E-state index contributed by atoms with van der Waals surface area (Å²) in [6.07, 6.45) is 0.729. The third kappa shape index (κ3) is 6.00. The lowest BCUT2D eigenvalue weighted by Gasteiger charge is -2.15. The average molecular weight is 512 g/mol. The van der Waals surface area contributed by atoms with Crippen molar-refractivity contribution in [3.05, 3.63) is 77.3 Å². The predicted octanol–water partition coefficient (Wildman–Crippen LogP) is 4.94. The Morgan fingerprint density at radius 2 is 1.66 bits per heavy atom. The number of methoxy groups -OCH3 is 1. The summed E-state index contributed by atoms with van der Waals surface area (Å²) in [6, 6.07) is 19.2. The van der Waals surface area contributed by atoms with Crippen molar-refractivity contribution in [2.45, 2.75) is 11.3 Å². The largest absolute Gasteiger partial charge is 0.497 e. The maximum atomic E-state index is 13.3. The van der Waals surface area contributed by atoms with Crippen LogP contribution in [0.1, 0.15) is 5.56 Å². The predicted molar refractivity (Wildman–Crippen MR) is 140 cm³/mol. The van der Waals surface area contributed by atoms with Crippen molar-refractivity contribution in [2.75, 3.05) is 37.8 Å². The zero-order chi connectivity index (χ0) is 25.0. The number of rotatable bonds is 9. The Kier molecular flexibility index (Phi) is 7.39. The highest BCUT2D eigenvalue weighted by Gasteiger charge is 2.20. The number of halogens is 1. The fourth-order valence-corrected chi connectivity index (χ4v) is 4.66. The summed E-state index contributed by atoms with van der Waals surface area (Å²) >= 11 is 6.36. The molecule has 2 N–H and O–H groups in total. The van der Waals surface area contributed by atoms with E-state index in [4.69, 9.17) is 16.3 Å². The molecule has 0 radical (unpaired) electrons. The van der Waals surface area contributed by atoms with Gasteiger partial charge >= 0.3 is 0 Å². The van der Waals surface area contributed by atoms with E-state index in [0.717, 1.165) is 18.5 Å². The number of nitrogens with zero attached hydrogens (tertiary/aromatic N) is 3. The van der Waals surface area contributed by atoms with Crippen molar-refractivity contribution >= 4 is 50.0 Å². The minimum absolute atomic E-state index is 0.0567. The van der Waals surface area contributed by atoms with E-state index in [9.17, 15) is 8.42 Å². The van der Waals surface area contributed by atoms with Gasteiger partial charge < -0.3 is 15.0 Å². The lowest BCUT2D eigenvalue weighted by molar-refractivity contribution is 0.413. The van der Waals surface area contributed by atoms with E-state index < -0.39 is 10.0 Å². The number of benzene rings is 3. The average Bonchev–Trinajstić information content (AvgIpc) is 2.84. The summed E-state index contributed by atoms with van der Waals surface area (Å²) in [5, 5.41) is 3.53. The molecule has 0 spiro atoms. The summed E-state index contributed by atoms with van der Waals surface area (Å²) in [7, 11) is 1.56. The van der Waals surface area contributed by atoms with Crippen molar-refractivity contribution in [1.29, 1.82) is 0 Å². The molecule has 0 amide bonds. The second kappa shape index (κ2) is 10.5.